The van der Waals surface area contributed by atoms with E-state index in [9.17, 15) is 9.59 Å². The van der Waals surface area contributed by atoms with Crippen LogP contribution in [0.4, 0.5) is 0 Å². The van der Waals surface area contributed by atoms with Crippen LogP contribution in [0.1, 0.15) is 43.2 Å². The van der Waals surface area contributed by atoms with E-state index in [4.69, 9.17) is 0 Å². The molecule has 6 nitrogen and oxygen atoms in total. The molecule has 2 heterocycles. The Bertz CT molecular complexity index is 906. The van der Waals surface area contributed by atoms with Gasteiger partial charge in [-0.2, -0.15) is 0 Å². The van der Waals surface area contributed by atoms with Crippen molar-refractivity contribution in [1.29, 1.82) is 0 Å². The van der Waals surface area contributed by atoms with Crippen LogP contribution < -0.4 is 5.32 Å². The average Bonchev–Trinajstić information content (AvgIpc) is 3.08. The molecule has 0 unspecified atom stereocenters. The number of pyridine rings is 1. The van der Waals surface area contributed by atoms with E-state index in [2.05, 4.69) is 59.6 Å². The van der Waals surface area contributed by atoms with Gasteiger partial charge in [-0.05, 0) is 68.5 Å². The normalized spacial score (nSPS) is 25.9. The maximum Gasteiger partial charge on any atom is 0.239 e. The predicted octanol–water partition coefficient (Wildman–Crippen LogP) is 2.95. The summed E-state index contributed by atoms with van der Waals surface area (Å²) in [6.07, 6.45) is 8.03. The third-order valence-corrected chi connectivity index (χ3v) is 7.28. The number of carbonyl (C=O) groups excluding carboxylic acids is 2. The van der Waals surface area contributed by atoms with Crippen molar-refractivity contribution in [2.75, 3.05) is 27.2 Å². The third-order valence-electron chi connectivity index (χ3n) is 7.28. The van der Waals surface area contributed by atoms with Crippen LogP contribution in [0.5, 0.6) is 0 Å². The Morgan fingerprint density at radius 1 is 1.06 bits per heavy atom. The summed E-state index contributed by atoms with van der Waals surface area (Å²) in [6, 6.07) is 14.5. The van der Waals surface area contributed by atoms with Crippen molar-refractivity contribution in [3.63, 3.8) is 0 Å². The molecule has 164 valence electrons. The van der Waals surface area contributed by atoms with E-state index >= 15 is 0 Å². The van der Waals surface area contributed by atoms with Gasteiger partial charge in [0.05, 0.1) is 6.54 Å². The standard InChI is InChI=1S/C25H32N4O2/c1-28(2)25(21-6-4-3-5-7-21)12-10-24(11-13-25)16-23(31)29(19-24)18-22(30)27-17-20-8-14-26-15-9-20/h3-9,14-15H,10-13,16-19H2,1-2H3,(H,27,30). The van der Waals surface area contributed by atoms with Crippen molar-refractivity contribution >= 4 is 11.8 Å². The van der Waals surface area contributed by atoms with Crippen LogP contribution in [-0.4, -0.2) is 53.8 Å². The molecule has 4 rings (SSSR count). The van der Waals surface area contributed by atoms with Crippen molar-refractivity contribution in [2.24, 2.45) is 5.41 Å². The largest absolute Gasteiger partial charge is 0.350 e. The lowest BCUT2D eigenvalue weighted by Crippen LogP contribution is -2.47. The summed E-state index contributed by atoms with van der Waals surface area (Å²) in [5.74, 6) is 0.000992. The molecular formula is C25H32N4O2. The van der Waals surface area contributed by atoms with Gasteiger partial charge in [0.1, 0.15) is 0 Å². The number of amides is 2. The van der Waals surface area contributed by atoms with Crippen molar-refractivity contribution in [3.8, 4) is 0 Å². The number of nitrogens with zero attached hydrogens (tertiary/aromatic N) is 3. The fourth-order valence-electron chi connectivity index (χ4n) is 5.33. The smallest absolute Gasteiger partial charge is 0.239 e. The summed E-state index contributed by atoms with van der Waals surface area (Å²) < 4.78 is 0. The lowest BCUT2D eigenvalue weighted by molar-refractivity contribution is -0.133. The van der Waals surface area contributed by atoms with Gasteiger partial charge in [0.25, 0.3) is 0 Å². The molecular weight excluding hydrogens is 388 g/mol. The van der Waals surface area contributed by atoms with Crippen LogP contribution in [0.2, 0.25) is 0 Å². The van der Waals surface area contributed by atoms with Gasteiger partial charge < -0.3 is 10.2 Å². The molecule has 0 atom stereocenters. The predicted molar refractivity (Wildman–Crippen MR) is 120 cm³/mol. The van der Waals surface area contributed by atoms with Crippen molar-refractivity contribution in [2.45, 2.75) is 44.2 Å². The van der Waals surface area contributed by atoms with Gasteiger partial charge in [0.2, 0.25) is 11.8 Å². The molecule has 6 heteroatoms. The Balaban J connectivity index is 1.36. The van der Waals surface area contributed by atoms with Gasteiger partial charge in [-0.15, -0.1) is 0 Å². The first-order chi connectivity index (χ1) is 14.9. The second kappa shape index (κ2) is 8.79. The third kappa shape index (κ3) is 4.49. The molecule has 0 bridgehead atoms. The molecule has 1 N–H and O–H groups in total. The van der Waals surface area contributed by atoms with Gasteiger partial charge >= 0.3 is 0 Å². The maximum absolute atomic E-state index is 12.7. The second-order valence-corrected chi connectivity index (χ2v) is 9.35. The van der Waals surface area contributed by atoms with Gasteiger partial charge in [-0.1, -0.05) is 30.3 Å². The van der Waals surface area contributed by atoms with Gasteiger partial charge in [0, 0.05) is 37.4 Å². The average molecular weight is 421 g/mol. The number of hydrogen-bond donors (Lipinski definition) is 1. The lowest BCUT2D eigenvalue weighted by Gasteiger charge is -2.48. The minimum absolute atomic E-state index is 0.00322. The number of hydrogen-bond acceptors (Lipinski definition) is 4. The van der Waals surface area contributed by atoms with Gasteiger partial charge in [-0.3, -0.25) is 19.5 Å². The fourth-order valence-corrected chi connectivity index (χ4v) is 5.33. The Morgan fingerprint density at radius 3 is 2.39 bits per heavy atom. The molecule has 1 spiro atoms. The Hall–Kier alpha value is -2.73. The number of carbonyl (C=O) groups is 2. The number of aromatic nitrogens is 1. The summed E-state index contributed by atoms with van der Waals surface area (Å²) in [7, 11) is 4.31. The van der Waals surface area contributed by atoms with Crippen LogP contribution in [0, 0.1) is 5.41 Å². The lowest BCUT2D eigenvalue weighted by atomic mass is 9.64. The summed E-state index contributed by atoms with van der Waals surface area (Å²) in [5, 5.41) is 2.92. The zero-order valence-electron chi connectivity index (χ0n) is 18.5. The molecule has 1 aliphatic heterocycles. The highest BCUT2D eigenvalue weighted by atomic mass is 16.2. The van der Waals surface area contributed by atoms with E-state index in [0.29, 0.717) is 19.5 Å². The van der Waals surface area contributed by atoms with Gasteiger partial charge in [0.15, 0.2) is 0 Å². The quantitative estimate of drug-likeness (QED) is 0.780. The Labute approximate surface area is 184 Å². The van der Waals surface area contributed by atoms with Crippen LogP contribution in [0.15, 0.2) is 54.9 Å². The first-order valence-corrected chi connectivity index (χ1v) is 11.1. The van der Waals surface area contributed by atoms with Crippen molar-refractivity contribution in [3.05, 3.63) is 66.0 Å². The van der Waals surface area contributed by atoms with Crippen molar-refractivity contribution < 1.29 is 9.59 Å². The summed E-state index contributed by atoms with van der Waals surface area (Å²) in [5.41, 5.74) is 2.37. The molecule has 2 amide bonds. The second-order valence-electron chi connectivity index (χ2n) is 9.35. The van der Waals surface area contributed by atoms with Crippen LogP contribution in [-0.2, 0) is 21.7 Å². The van der Waals surface area contributed by atoms with Gasteiger partial charge in [-0.25, -0.2) is 0 Å². The first-order valence-electron chi connectivity index (χ1n) is 11.1. The summed E-state index contributed by atoms with van der Waals surface area (Å²) >= 11 is 0. The van der Waals surface area contributed by atoms with E-state index in [1.165, 1.54) is 5.56 Å². The Kier molecular flexibility index (Phi) is 6.10. The number of nitrogens with one attached hydrogen (secondary N) is 1. The van der Waals surface area contributed by atoms with E-state index in [1.807, 2.05) is 12.1 Å². The van der Waals surface area contributed by atoms with Crippen LogP contribution >= 0.6 is 0 Å². The zero-order chi connectivity index (χ0) is 21.9. The minimum atomic E-state index is -0.107. The molecule has 1 aromatic heterocycles. The first kappa shape index (κ1) is 21.5. The van der Waals surface area contributed by atoms with Crippen molar-refractivity contribution in [1.82, 2.24) is 20.1 Å². The summed E-state index contributed by atoms with van der Waals surface area (Å²) in [6.45, 7) is 1.28. The number of likely N-dealkylation sites (tertiary alicyclic amines) is 1. The molecule has 2 fully saturated rings. The monoisotopic (exact) mass is 420 g/mol. The van der Waals surface area contributed by atoms with E-state index in [0.717, 1.165) is 31.2 Å². The molecule has 2 aromatic rings. The number of rotatable bonds is 6. The highest BCUT2D eigenvalue weighted by Crippen LogP contribution is 2.52. The summed E-state index contributed by atoms with van der Waals surface area (Å²) in [4.78, 5) is 33.3. The SMILES string of the molecule is CN(C)C1(c2ccccc2)CCC2(CC1)CC(=O)N(CC(=O)NCc1ccncc1)C2. The molecule has 2 aliphatic rings. The van der Waals surface area contributed by atoms with E-state index < -0.39 is 0 Å². The zero-order valence-corrected chi connectivity index (χ0v) is 18.5. The minimum Gasteiger partial charge on any atom is -0.350 e. The fraction of sp³-hybridized carbons (Fsp3) is 0.480. The molecule has 1 saturated heterocycles. The highest BCUT2D eigenvalue weighted by molar-refractivity contribution is 5.86. The Morgan fingerprint density at radius 2 is 1.74 bits per heavy atom. The number of benzene rings is 1. The maximum atomic E-state index is 12.7. The molecule has 1 saturated carbocycles. The molecule has 31 heavy (non-hydrogen) atoms. The highest BCUT2D eigenvalue weighted by Gasteiger charge is 2.50. The molecule has 1 aromatic carbocycles. The van der Waals surface area contributed by atoms with E-state index in [1.54, 1.807) is 17.3 Å². The van der Waals surface area contributed by atoms with Crippen LogP contribution in [0.3, 0.4) is 0 Å². The topological polar surface area (TPSA) is 65.5 Å². The molecule has 0 radical (unpaired) electrons. The van der Waals surface area contributed by atoms with Crippen LogP contribution in [0.25, 0.3) is 0 Å². The molecule has 1 aliphatic carbocycles. The van der Waals surface area contributed by atoms with E-state index in [-0.39, 0.29) is 29.3 Å².